The Morgan fingerprint density at radius 1 is 1.04 bits per heavy atom. The van der Waals surface area contributed by atoms with E-state index in [-0.39, 0.29) is 17.6 Å². The topological polar surface area (TPSA) is 113 Å². The number of aliphatic hydroxyl groups is 2. The van der Waals surface area contributed by atoms with E-state index >= 15 is 4.39 Å². The summed E-state index contributed by atoms with van der Waals surface area (Å²) in [5.74, 6) is 0.308. The van der Waals surface area contributed by atoms with Crippen molar-refractivity contribution in [3.63, 3.8) is 0 Å². The molecule has 2 fully saturated rings. The number of rotatable bonds is 7. The number of hydrogen-bond acceptors (Lipinski definition) is 7. The molecule has 9 nitrogen and oxygen atoms in total. The van der Waals surface area contributed by atoms with Crippen molar-refractivity contribution in [2.45, 2.75) is 50.7 Å². The number of nitrogens with zero attached hydrogens (tertiary/aromatic N) is 4. The van der Waals surface area contributed by atoms with Crippen molar-refractivity contribution < 1.29 is 14.6 Å². The maximum absolute atomic E-state index is 15.2. The third-order valence-electron chi connectivity index (χ3n) is 9.31. The Morgan fingerprint density at radius 2 is 1.83 bits per heavy atom. The van der Waals surface area contributed by atoms with Gasteiger partial charge in [0.2, 0.25) is 0 Å². The van der Waals surface area contributed by atoms with Crippen molar-refractivity contribution >= 4 is 28.0 Å². The molecule has 1 saturated heterocycles. The van der Waals surface area contributed by atoms with Crippen LogP contribution in [0.15, 0.2) is 82.8 Å². The number of aliphatic hydroxyl groups excluding tert-OH is 1. The van der Waals surface area contributed by atoms with Gasteiger partial charge in [-0.25, -0.2) is 9.37 Å². The molecule has 0 atom stereocenters. The molecule has 46 heavy (non-hydrogen) atoms. The quantitative estimate of drug-likeness (QED) is 0.225. The molecule has 0 unspecified atom stereocenters. The molecule has 0 radical (unpaired) electrons. The fourth-order valence-electron chi connectivity index (χ4n) is 6.41. The van der Waals surface area contributed by atoms with E-state index in [1.54, 1.807) is 49.9 Å². The van der Waals surface area contributed by atoms with Gasteiger partial charge in [-0.3, -0.25) is 14.2 Å². The minimum Gasteiger partial charge on any atom is -0.392 e. The summed E-state index contributed by atoms with van der Waals surface area (Å²) in [6.07, 6.45) is 8.47. The molecule has 2 aliphatic rings. The number of benzene rings is 2. The van der Waals surface area contributed by atoms with Crippen molar-refractivity contribution in [2.24, 2.45) is 7.05 Å². The molecule has 3 N–H and O–H groups in total. The second kappa shape index (κ2) is 11.5. The van der Waals surface area contributed by atoms with Gasteiger partial charge in [0.25, 0.3) is 11.1 Å². The molecule has 236 valence electrons. The molecule has 7 rings (SSSR count). The van der Waals surface area contributed by atoms with Gasteiger partial charge in [0.1, 0.15) is 17.3 Å². The Kier molecular flexibility index (Phi) is 7.49. The minimum absolute atomic E-state index is 0.0143. The van der Waals surface area contributed by atoms with E-state index in [4.69, 9.17) is 0 Å². The Bertz CT molecular complexity index is 2070. The predicted molar refractivity (Wildman–Crippen MR) is 178 cm³/mol. The average molecular weight is 622 g/mol. The number of nitrogens with one attached hydrogen (secondary N) is 1. The third kappa shape index (κ3) is 5.59. The van der Waals surface area contributed by atoms with Crippen LogP contribution in [0.1, 0.15) is 49.7 Å². The molecular formula is C36H36FN5O4. The van der Waals surface area contributed by atoms with Gasteiger partial charge in [-0.1, -0.05) is 18.2 Å². The first-order valence-electron chi connectivity index (χ1n) is 15.6. The van der Waals surface area contributed by atoms with E-state index in [0.29, 0.717) is 58.0 Å². The Morgan fingerprint density at radius 3 is 2.52 bits per heavy atom. The largest absolute Gasteiger partial charge is 0.392 e. The number of hydrogen-bond donors (Lipinski definition) is 3. The predicted octanol–water partition coefficient (Wildman–Crippen LogP) is 5.36. The summed E-state index contributed by atoms with van der Waals surface area (Å²) < 4.78 is 18.1. The highest BCUT2D eigenvalue weighted by Gasteiger charge is 2.28. The van der Waals surface area contributed by atoms with E-state index in [2.05, 4.69) is 15.2 Å². The molecule has 1 saturated carbocycles. The van der Waals surface area contributed by atoms with Crippen LogP contribution in [0.5, 0.6) is 0 Å². The van der Waals surface area contributed by atoms with Crippen molar-refractivity contribution in [2.75, 3.05) is 23.3 Å². The molecule has 0 bridgehead atoms. The molecule has 10 heteroatoms. The van der Waals surface area contributed by atoms with Crippen LogP contribution in [0.3, 0.4) is 0 Å². The third-order valence-corrected chi connectivity index (χ3v) is 9.31. The standard InChI is InChI=1S/C36H36FN5O4/c1-36(46)11-14-41(15-12-36)26-8-9-32(38-19-26)39-30-18-25(20-40(2)34(30)44)27-4-3-5-31(28(27)21-43)42-13-10-23-16-24(22-6-7-22)17-29(37)33(23)35(42)45/h3-5,8-10,13,16-20,22,43,46H,6-7,11-12,14-15,21H2,1-2H3,(H,38,39). The maximum atomic E-state index is 15.2. The lowest BCUT2D eigenvalue weighted by atomic mass is 9.94. The lowest BCUT2D eigenvalue weighted by Gasteiger charge is -2.37. The summed E-state index contributed by atoms with van der Waals surface area (Å²) in [6, 6.07) is 15.9. The lowest BCUT2D eigenvalue weighted by Crippen LogP contribution is -2.42. The molecule has 0 spiro atoms. The number of fused-ring (bicyclic) bond motifs is 1. The van der Waals surface area contributed by atoms with E-state index in [1.807, 2.05) is 31.2 Å². The minimum atomic E-state index is -0.644. The van der Waals surface area contributed by atoms with E-state index in [9.17, 15) is 19.8 Å². The summed E-state index contributed by atoms with van der Waals surface area (Å²) in [5, 5.41) is 24.6. The highest BCUT2D eigenvalue weighted by Crippen LogP contribution is 2.41. The van der Waals surface area contributed by atoms with E-state index < -0.39 is 17.0 Å². The van der Waals surface area contributed by atoms with Gasteiger partial charge in [0, 0.05) is 43.7 Å². The SMILES string of the molecule is Cn1cc(-c2cccc(-n3ccc4cc(C5CC5)cc(F)c4c3=O)c2CO)cc(Nc2ccc(N3CCC(C)(O)CC3)cn2)c1=O. The van der Waals surface area contributed by atoms with Crippen molar-refractivity contribution in [1.29, 1.82) is 0 Å². The van der Waals surface area contributed by atoms with Crippen molar-refractivity contribution in [1.82, 2.24) is 14.1 Å². The molecule has 3 aromatic heterocycles. The van der Waals surface area contributed by atoms with Gasteiger partial charge in [0.05, 0.1) is 35.2 Å². The summed E-state index contributed by atoms with van der Waals surface area (Å²) in [6.45, 7) is 2.94. The highest BCUT2D eigenvalue weighted by molar-refractivity contribution is 5.84. The highest BCUT2D eigenvalue weighted by atomic mass is 19.1. The fourth-order valence-corrected chi connectivity index (χ4v) is 6.41. The van der Waals surface area contributed by atoms with Crippen LogP contribution in [0.25, 0.3) is 27.6 Å². The molecule has 1 aliphatic heterocycles. The summed E-state index contributed by atoms with van der Waals surface area (Å²) in [4.78, 5) is 33.5. The Hall–Kier alpha value is -4.80. The van der Waals surface area contributed by atoms with E-state index in [0.717, 1.165) is 37.2 Å². The van der Waals surface area contributed by atoms with Gasteiger partial charge in [-0.05, 0) is 91.4 Å². The molecule has 0 amide bonds. The zero-order valence-electron chi connectivity index (χ0n) is 25.8. The lowest BCUT2D eigenvalue weighted by molar-refractivity contribution is 0.0351. The van der Waals surface area contributed by atoms with Crippen LogP contribution < -0.4 is 21.3 Å². The molecule has 5 aromatic rings. The number of pyridine rings is 3. The number of anilines is 3. The number of piperidine rings is 1. The Labute approximate surface area is 265 Å². The van der Waals surface area contributed by atoms with Gasteiger partial charge in [0.15, 0.2) is 0 Å². The zero-order valence-corrected chi connectivity index (χ0v) is 25.8. The van der Waals surface area contributed by atoms with Gasteiger partial charge >= 0.3 is 0 Å². The van der Waals surface area contributed by atoms with Crippen LogP contribution in [-0.4, -0.2) is 43.0 Å². The summed E-state index contributed by atoms with van der Waals surface area (Å²) >= 11 is 0. The van der Waals surface area contributed by atoms with Gasteiger partial charge in [-0.2, -0.15) is 0 Å². The van der Waals surface area contributed by atoms with Crippen LogP contribution in [0.4, 0.5) is 21.6 Å². The first kappa shape index (κ1) is 29.9. The van der Waals surface area contributed by atoms with Crippen molar-refractivity contribution in [3.8, 4) is 16.8 Å². The first-order chi connectivity index (χ1) is 22.1. The fraction of sp³-hybridized carbons (Fsp3) is 0.306. The van der Waals surface area contributed by atoms with Crippen LogP contribution in [0, 0.1) is 5.82 Å². The second-order valence-corrected chi connectivity index (χ2v) is 12.8. The zero-order chi connectivity index (χ0) is 32.2. The van der Waals surface area contributed by atoms with Crippen LogP contribution in [-0.2, 0) is 13.7 Å². The molecular weight excluding hydrogens is 585 g/mol. The summed E-state index contributed by atoms with van der Waals surface area (Å²) in [7, 11) is 1.65. The molecule has 4 heterocycles. The second-order valence-electron chi connectivity index (χ2n) is 12.8. The Balaban J connectivity index is 1.22. The van der Waals surface area contributed by atoms with E-state index in [1.165, 1.54) is 15.2 Å². The van der Waals surface area contributed by atoms with Crippen molar-refractivity contribution in [3.05, 3.63) is 111 Å². The summed E-state index contributed by atoms with van der Waals surface area (Å²) in [5.41, 5.74) is 2.90. The maximum Gasteiger partial charge on any atom is 0.274 e. The smallest absolute Gasteiger partial charge is 0.274 e. The monoisotopic (exact) mass is 621 g/mol. The van der Waals surface area contributed by atoms with Crippen LogP contribution >= 0.6 is 0 Å². The average Bonchev–Trinajstić information content (AvgIpc) is 3.89. The number of aromatic nitrogens is 3. The molecule has 1 aliphatic carbocycles. The normalized spacial score (nSPS) is 16.2. The van der Waals surface area contributed by atoms with Gasteiger partial charge < -0.3 is 25.0 Å². The van der Waals surface area contributed by atoms with Crippen LogP contribution in [0.2, 0.25) is 0 Å². The van der Waals surface area contributed by atoms with Gasteiger partial charge in [-0.15, -0.1) is 0 Å². The number of halogens is 1. The number of aryl methyl sites for hydroxylation is 1. The first-order valence-corrected chi connectivity index (χ1v) is 15.6. The molecule has 2 aromatic carbocycles.